The van der Waals surface area contributed by atoms with E-state index in [9.17, 15) is 18.0 Å². The Hall–Kier alpha value is -0.870. The van der Waals surface area contributed by atoms with Crippen LogP contribution < -0.4 is 0 Å². The number of aliphatic imine (C=N–C) groups is 1. The van der Waals surface area contributed by atoms with Gasteiger partial charge in [0.1, 0.15) is 0 Å². The molecule has 0 saturated heterocycles. The molecule has 0 rings (SSSR count). The Labute approximate surface area is 54.5 Å². The van der Waals surface area contributed by atoms with Crippen LogP contribution in [0.25, 0.3) is 0 Å². The summed E-state index contributed by atoms with van der Waals surface area (Å²) in [6.07, 6.45) is -3.56. The van der Waals surface area contributed by atoms with Crippen LogP contribution in [0.4, 0.5) is 13.2 Å². The fourth-order valence-electron chi connectivity index (χ4n) is 0.253. The molecule has 0 aromatic rings. The summed E-state index contributed by atoms with van der Waals surface area (Å²) in [6.45, 7) is -0.957. The average molecular weight is 155 g/mol. The second kappa shape index (κ2) is 4.03. The van der Waals surface area contributed by atoms with E-state index in [0.29, 0.717) is 0 Å². The maximum Gasteiger partial charge on any atom is 0.522 e. The first kappa shape index (κ1) is 9.13. The van der Waals surface area contributed by atoms with Gasteiger partial charge in [0.2, 0.25) is 6.08 Å². The SMILES string of the molecule is O=C=NCCOC(F)(F)F. The quantitative estimate of drug-likeness (QED) is 0.344. The normalized spacial score (nSPS) is 10.7. The molecule has 6 heteroatoms. The van der Waals surface area contributed by atoms with E-state index in [1.54, 1.807) is 0 Å². The molecule has 0 fully saturated rings. The third kappa shape index (κ3) is 7.13. The van der Waals surface area contributed by atoms with Gasteiger partial charge in [-0.15, -0.1) is 13.2 Å². The number of nitrogens with zero attached hydrogens (tertiary/aromatic N) is 1. The maximum absolute atomic E-state index is 11.1. The van der Waals surface area contributed by atoms with Crippen LogP contribution in [0.3, 0.4) is 0 Å². The molecule has 0 aromatic carbocycles. The largest absolute Gasteiger partial charge is 0.522 e. The van der Waals surface area contributed by atoms with Crippen LogP contribution in [0.2, 0.25) is 0 Å². The lowest BCUT2D eigenvalue weighted by molar-refractivity contribution is -0.323. The van der Waals surface area contributed by atoms with Gasteiger partial charge in [-0.2, -0.15) is 0 Å². The third-order valence-electron chi connectivity index (χ3n) is 0.533. The molecular weight excluding hydrogens is 151 g/mol. The van der Waals surface area contributed by atoms with E-state index >= 15 is 0 Å². The molecule has 0 radical (unpaired) electrons. The molecule has 0 atom stereocenters. The van der Waals surface area contributed by atoms with Crippen molar-refractivity contribution in [3.8, 4) is 0 Å². The molecule has 0 heterocycles. The second-order valence-corrected chi connectivity index (χ2v) is 1.27. The van der Waals surface area contributed by atoms with Gasteiger partial charge in [-0.3, -0.25) is 4.74 Å². The van der Waals surface area contributed by atoms with E-state index in [2.05, 4.69) is 9.73 Å². The molecule has 0 unspecified atom stereocenters. The van der Waals surface area contributed by atoms with Gasteiger partial charge < -0.3 is 0 Å². The number of rotatable bonds is 3. The Morgan fingerprint density at radius 3 is 2.50 bits per heavy atom. The molecule has 0 aliphatic carbocycles. The number of halogens is 3. The molecule has 0 aliphatic rings. The molecule has 0 N–H and O–H groups in total. The maximum atomic E-state index is 11.1. The van der Waals surface area contributed by atoms with Crippen LogP contribution in [0.5, 0.6) is 0 Å². The molecule has 0 spiro atoms. The van der Waals surface area contributed by atoms with Crippen LogP contribution in [0.1, 0.15) is 0 Å². The first-order valence-corrected chi connectivity index (χ1v) is 2.30. The summed E-state index contributed by atoms with van der Waals surface area (Å²) < 4.78 is 36.6. The second-order valence-electron chi connectivity index (χ2n) is 1.27. The monoisotopic (exact) mass is 155 g/mol. The minimum atomic E-state index is -4.64. The van der Waals surface area contributed by atoms with Crippen molar-refractivity contribution in [2.75, 3.05) is 13.2 Å². The van der Waals surface area contributed by atoms with Crippen LogP contribution in [0, 0.1) is 0 Å². The Morgan fingerprint density at radius 2 is 2.10 bits per heavy atom. The molecule has 0 saturated carbocycles. The van der Waals surface area contributed by atoms with E-state index in [1.165, 1.54) is 0 Å². The van der Waals surface area contributed by atoms with E-state index < -0.39 is 13.0 Å². The number of ether oxygens (including phenoxy) is 1. The van der Waals surface area contributed by atoms with Crippen molar-refractivity contribution >= 4 is 6.08 Å². The highest BCUT2D eigenvalue weighted by Gasteiger charge is 2.28. The van der Waals surface area contributed by atoms with E-state index in [0.717, 1.165) is 6.08 Å². The van der Waals surface area contributed by atoms with Crippen molar-refractivity contribution < 1.29 is 22.7 Å². The molecule has 0 amide bonds. The molecule has 0 bridgehead atoms. The van der Waals surface area contributed by atoms with Gasteiger partial charge in [0.25, 0.3) is 0 Å². The molecule has 0 aromatic heterocycles. The van der Waals surface area contributed by atoms with Gasteiger partial charge in [0.05, 0.1) is 13.2 Å². The van der Waals surface area contributed by atoms with E-state index in [-0.39, 0.29) is 6.54 Å². The van der Waals surface area contributed by atoms with E-state index in [4.69, 9.17) is 0 Å². The Kier molecular flexibility index (Phi) is 3.68. The number of isocyanates is 1. The van der Waals surface area contributed by atoms with Gasteiger partial charge in [-0.1, -0.05) is 0 Å². The fourth-order valence-corrected chi connectivity index (χ4v) is 0.253. The minimum absolute atomic E-state index is 0.316. The van der Waals surface area contributed by atoms with Crippen molar-refractivity contribution in [3.63, 3.8) is 0 Å². The first-order valence-electron chi connectivity index (χ1n) is 2.30. The first-order chi connectivity index (χ1) is 4.56. The Balaban J connectivity index is 3.28. The van der Waals surface area contributed by atoms with Crippen LogP contribution in [-0.4, -0.2) is 25.6 Å². The third-order valence-corrected chi connectivity index (χ3v) is 0.533. The molecule has 3 nitrogen and oxygen atoms in total. The van der Waals surface area contributed by atoms with Gasteiger partial charge in [0, 0.05) is 0 Å². The van der Waals surface area contributed by atoms with Crippen LogP contribution >= 0.6 is 0 Å². The lowest BCUT2D eigenvalue weighted by Gasteiger charge is -2.03. The molecule has 10 heavy (non-hydrogen) atoms. The predicted molar refractivity (Wildman–Crippen MR) is 25.0 cm³/mol. The highest BCUT2D eigenvalue weighted by Crippen LogP contribution is 2.15. The lowest BCUT2D eigenvalue weighted by atomic mass is 10.7. The van der Waals surface area contributed by atoms with Crippen LogP contribution in [0.15, 0.2) is 4.99 Å². The number of alkyl halides is 3. The van der Waals surface area contributed by atoms with Crippen molar-refractivity contribution in [3.05, 3.63) is 0 Å². The smallest absolute Gasteiger partial charge is 0.290 e. The summed E-state index contributed by atoms with van der Waals surface area (Å²) in [7, 11) is 0. The van der Waals surface area contributed by atoms with Gasteiger partial charge >= 0.3 is 6.36 Å². The molecule has 58 valence electrons. The molecule has 0 aliphatic heterocycles. The summed E-state index contributed by atoms with van der Waals surface area (Å²) in [5.41, 5.74) is 0. The van der Waals surface area contributed by atoms with Gasteiger partial charge in [-0.25, -0.2) is 9.79 Å². The van der Waals surface area contributed by atoms with Crippen molar-refractivity contribution in [2.45, 2.75) is 6.36 Å². The van der Waals surface area contributed by atoms with Gasteiger partial charge in [-0.05, 0) is 0 Å². The zero-order valence-electron chi connectivity index (χ0n) is 4.81. The molecular formula is C4H4F3NO2. The Morgan fingerprint density at radius 1 is 1.50 bits per heavy atom. The highest BCUT2D eigenvalue weighted by molar-refractivity contribution is 5.32. The standard InChI is InChI=1S/C4H4F3NO2/c5-4(6,7)10-2-1-8-3-9/h1-2H2. The van der Waals surface area contributed by atoms with Crippen molar-refractivity contribution in [1.29, 1.82) is 0 Å². The van der Waals surface area contributed by atoms with Crippen LogP contribution in [-0.2, 0) is 9.53 Å². The minimum Gasteiger partial charge on any atom is -0.290 e. The topological polar surface area (TPSA) is 38.7 Å². The lowest BCUT2D eigenvalue weighted by Crippen LogP contribution is -2.15. The predicted octanol–water partition coefficient (Wildman–Crippen LogP) is 0.859. The summed E-state index contributed by atoms with van der Waals surface area (Å²) in [4.78, 5) is 12.1. The summed E-state index contributed by atoms with van der Waals surface area (Å²) >= 11 is 0. The van der Waals surface area contributed by atoms with Crippen molar-refractivity contribution in [2.24, 2.45) is 4.99 Å². The average Bonchev–Trinajstić information content (AvgIpc) is 1.78. The number of hydrogen-bond donors (Lipinski definition) is 0. The summed E-state index contributed by atoms with van der Waals surface area (Å²) in [5.74, 6) is 0. The zero-order valence-corrected chi connectivity index (χ0v) is 4.81. The van der Waals surface area contributed by atoms with E-state index in [1.807, 2.05) is 0 Å². The number of hydrogen-bond acceptors (Lipinski definition) is 3. The summed E-state index contributed by atoms with van der Waals surface area (Å²) in [6, 6.07) is 0. The fraction of sp³-hybridized carbons (Fsp3) is 0.750. The number of carbonyl (C=O) groups excluding carboxylic acids is 1. The highest BCUT2D eigenvalue weighted by atomic mass is 19.4. The Bertz CT molecular complexity index is 138. The van der Waals surface area contributed by atoms with Gasteiger partial charge in [0.15, 0.2) is 0 Å². The summed E-state index contributed by atoms with van der Waals surface area (Å²) in [5, 5.41) is 0. The van der Waals surface area contributed by atoms with Crippen molar-refractivity contribution in [1.82, 2.24) is 0 Å². The zero-order chi connectivity index (χ0) is 8.04.